The molecule has 10 heteroatoms. The van der Waals surface area contributed by atoms with Crippen molar-refractivity contribution in [2.75, 3.05) is 19.0 Å². The van der Waals surface area contributed by atoms with Crippen molar-refractivity contribution in [3.05, 3.63) is 77.2 Å². The number of likely N-dealkylation sites (N-methyl/N-ethyl adjacent to an activating group) is 1. The van der Waals surface area contributed by atoms with Crippen molar-refractivity contribution < 1.29 is 28.4 Å². The molecule has 0 unspecified atom stereocenters. The van der Waals surface area contributed by atoms with Gasteiger partial charge in [0.25, 0.3) is 11.8 Å². The molecule has 0 radical (unpaired) electrons. The first kappa shape index (κ1) is 26.4. The van der Waals surface area contributed by atoms with E-state index in [1.165, 1.54) is 6.07 Å². The molecule has 0 spiro atoms. The topological polar surface area (TPSA) is 123 Å². The minimum Gasteiger partial charge on any atom is -0.490 e. The first-order valence-corrected chi connectivity index (χ1v) is 13.1. The number of nitrogens with one attached hydrogen (secondary N) is 2. The third-order valence-electron chi connectivity index (χ3n) is 7.22. The molecular weight excluding hydrogens is 500 g/mol. The number of hydrogen-bond donors (Lipinski definition) is 2. The third-order valence-corrected chi connectivity index (χ3v) is 7.22. The lowest BCUT2D eigenvalue weighted by molar-refractivity contribution is -0.134. The van der Waals surface area contributed by atoms with Crippen molar-refractivity contribution in [2.45, 2.75) is 57.4 Å². The summed E-state index contributed by atoms with van der Waals surface area (Å²) in [5, 5.41) is 9.51. The summed E-state index contributed by atoms with van der Waals surface area (Å²) in [5.41, 5.74) is 1.98. The molecule has 3 aromatic rings. The number of amides is 3. The molecule has 0 saturated carbocycles. The zero-order valence-corrected chi connectivity index (χ0v) is 22.2. The zero-order chi connectivity index (χ0) is 27.5. The fraction of sp³-hybridized carbons (Fsp3) is 0.379. The monoisotopic (exact) mass is 532 g/mol. The minimum atomic E-state index is -0.437. The predicted octanol–water partition coefficient (Wildman–Crippen LogP) is 3.88. The van der Waals surface area contributed by atoms with Crippen LogP contribution >= 0.6 is 0 Å². The lowest BCUT2D eigenvalue weighted by Gasteiger charge is -2.42. The number of aromatic nitrogens is 1. The Morgan fingerprint density at radius 1 is 1.13 bits per heavy atom. The number of anilines is 1. The van der Waals surface area contributed by atoms with Crippen molar-refractivity contribution in [1.82, 2.24) is 15.4 Å². The number of carbonyl (C=O) groups excluding carboxylic acids is 3. The summed E-state index contributed by atoms with van der Waals surface area (Å²) in [6, 6.07) is 16.0. The molecule has 2 N–H and O–H groups in total. The van der Waals surface area contributed by atoms with E-state index >= 15 is 0 Å². The molecule has 2 aliphatic heterocycles. The summed E-state index contributed by atoms with van der Waals surface area (Å²) in [4.78, 5) is 40.3. The van der Waals surface area contributed by atoms with E-state index in [9.17, 15) is 14.4 Å². The molecule has 5 rings (SSSR count). The molecule has 2 aromatic carbocycles. The number of carbonyl (C=O) groups is 3. The summed E-state index contributed by atoms with van der Waals surface area (Å²) in [6.45, 7) is 3.89. The molecule has 4 atom stereocenters. The summed E-state index contributed by atoms with van der Waals surface area (Å²) in [6.07, 6.45) is 0.923. The molecule has 1 fully saturated rings. The number of aryl methyl sites for hydroxylation is 1. The molecule has 204 valence electrons. The quantitative estimate of drug-likeness (QED) is 0.494. The Bertz CT molecular complexity index is 1360. The average molecular weight is 533 g/mol. The first-order chi connectivity index (χ1) is 18.8. The Morgan fingerprint density at radius 3 is 2.67 bits per heavy atom. The van der Waals surface area contributed by atoms with Crippen LogP contribution in [-0.2, 0) is 9.53 Å². The Kier molecular flexibility index (Phi) is 7.65. The number of benzene rings is 2. The van der Waals surface area contributed by atoms with Gasteiger partial charge in [-0.15, -0.1) is 0 Å². The maximum absolute atomic E-state index is 13.5. The number of fused-ring (bicyclic) bond motifs is 2. The van der Waals surface area contributed by atoms with E-state index in [-0.39, 0.29) is 54.8 Å². The second-order valence-electron chi connectivity index (χ2n) is 10.1. The molecule has 3 amide bonds. The van der Waals surface area contributed by atoms with E-state index < -0.39 is 5.91 Å². The first-order valence-electron chi connectivity index (χ1n) is 13.1. The highest BCUT2D eigenvalue weighted by Gasteiger charge is 2.39. The van der Waals surface area contributed by atoms with Crippen molar-refractivity contribution >= 4 is 23.4 Å². The zero-order valence-electron chi connectivity index (χ0n) is 22.2. The van der Waals surface area contributed by atoms with E-state index in [1.54, 1.807) is 37.1 Å². The molecule has 3 heterocycles. The second kappa shape index (κ2) is 11.3. The number of rotatable bonds is 6. The van der Waals surface area contributed by atoms with Crippen LogP contribution in [0.5, 0.6) is 5.75 Å². The van der Waals surface area contributed by atoms with Gasteiger partial charge in [-0.3, -0.25) is 14.4 Å². The van der Waals surface area contributed by atoms with Gasteiger partial charge in [-0.2, -0.15) is 0 Å². The lowest BCUT2D eigenvalue weighted by Crippen LogP contribution is -2.54. The smallest absolute Gasteiger partial charge is 0.277 e. The highest BCUT2D eigenvalue weighted by atomic mass is 16.5. The van der Waals surface area contributed by atoms with Crippen LogP contribution < -0.4 is 15.4 Å². The van der Waals surface area contributed by atoms with E-state index in [4.69, 9.17) is 14.0 Å². The largest absolute Gasteiger partial charge is 0.490 e. The second-order valence-corrected chi connectivity index (χ2v) is 10.1. The van der Waals surface area contributed by atoms with Gasteiger partial charge in [-0.1, -0.05) is 35.5 Å². The van der Waals surface area contributed by atoms with Crippen molar-refractivity contribution in [3.63, 3.8) is 0 Å². The highest BCUT2D eigenvalue weighted by Crippen LogP contribution is 2.32. The van der Waals surface area contributed by atoms with Crippen LogP contribution in [0, 0.1) is 6.92 Å². The number of nitrogens with zero attached hydrogens (tertiary/aromatic N) is 2. The molecule has 10 nitrogen and oxygen atoms in total. The summed E-state index contributed by atoms with van der Waals surface area (Å²) < 4.78 is 17.3. The van der Waals surface area contributed by atoms with Crippen LogP contribution in [0.2, 0.25) is 0 Å². The molecule has 0 aliphatic carbocycles. The molecular formula is C29H32N4O6. The van der Waals surface area contributed by atoms with Gasteiger partial charge in [-0.25, -0.2) is 0 Å². The SMILES string of the molecule is Cc1cc(C(=O)Nc2ccc3c(c2)C(=O)N(C)[C@H]2CC[C@H](CC(=O)N[C@@H](C)c4ccccc4)O[C@H]2CO3)no1. The number of hydrogen-bond acceptors (Lipinski definition) is 7. The van der Waals surface area contributed by atoms with Crippen LogP contribution in [0.15, 0.2) is 59.1 Å². The Balaban J connectivity index is 1.23. The van der Waals surface area contributed by atoms with Gasteiger partial charge in [0.15, 0.2) is 5.69 Å². The van der Waals surface area contributed by atoms with Crippen LogP contribution in [0.3, 0.4) is 0 Å². The van der Waals surface area contributed by atoms with Crippen LogP contribution in [0.1, 0.15) is 64.4 Å². The predicted molar refractivity (Wildman–Crippen MR) is 143 cm³/mol. The Labute approximate surface area is 226 Å². The van der Waals surface area contributed by atoms with Gasteiger partial charge in [-0.05, 0) is 50.5 Å². The molecule has 1 aromatic heterocycles. The van der Waals surface area contributed by atoms with Crippen molar-refractivity contribution in [2.24, 2.45) is 0 Å². The van der Waals surface area contributed by atoms with Crippen molar-refractivity contribution in [3.8, 4) is 5.75 Å². The standard InChI is InChI=1S/C29H32N4O6/c1-17-13-23(32-39-17)28(35)31-20-9-12-25-22(14-20)29(36)33(3)24-11-10-21(38-26(24)16-37-25)15-27(34)30-18(2)19-7-5-4-6-8-19/h4-9,12-14,18,21,24,26H,10-11,15-16H2,1-3H3,(H,30,34)(H,31,35)/t18-,21+,24-,26-/m0/s1. The summed E-state index contributed by atoms with van der Waals surface area (Å²) in [7, 11) is 1.75. The highest BCUT2D eigenvalue weighted by molar-refractivity contribution is 6.04. The van der Waals surface area contributed by atoms with Crippen LogP contribution in [0.4, 0.5) is 5.69 Å². The van der Waals surface area contributed by atoms with Gasteiger partial charge in [0.1, 0.15) is 24.2 Å². The van der Waals surface area contributed by atoms with Crippen LogP contribution in [0.25, 0.3) is 0 Å². The van der Waals surface area contributed by atoms with Gasteiger partial charge in [0, 0.05) is 18.8 Å². The van der Waals surface area contributed by atoms with Gasteiger partial charge >= 0.3 is 0 Å². The molecule has 39 heavy (non-hydrogen) atoms. The lowest BCUT2D eigenvalue weighted by atomic mass is 9.94. The van der Waals surface area contributed by atoms with Crippen LogP contribution in [-0.4, -0.2) is 59.7 Å². The Hall–Kier alpha value is -4.18. The van der Waals surface area contributed by atoms with E-state index in [0.29, 0.717) is 35.6 Å². The normalized spacial score (nSPS) is 21.5. The fourth-order valence-corrected chi connectivity index (χ4v) is 5.11. The summed E-state index contributed by atoms with van der Waals surface area (Å²) >= 11 is 0. The van der Waals surface area contributed by atoms with E-state index in [0.717, 1.165) is 5.56 Å². The molecule has 2 aliphatic rings. The number of ether oxygens (including phenoxy) is 2. The summed E-state index contributed by atoms with van der Waals surface area (Å²) in [5.74, 6) is 0.183. The average Bonchev–Trinajstić information content (AvgIpc) is 3.38. The van der Waals surface area contributed by atoms with Crippen molar-refractivity contribution in [1.29, 1.82) is 0 Å². The maximum Gasteiger partial charge on any atom is 0.277 e. The van der Waals surface area contributed by atoms with Gasteiger partial charge < -0.3 is 29.5 Å². The Morgan fingerprint density at radius 2 is 1.92 bits per heavy atom. The minimum absolute atomic E-state index is 0.0771. The van der Waals surface area contributed by atoms with E-state index in [1.807, 2.05) is 37.3 Å². The van der Waals surface area contributed by atoms with Gasteiger partial charge in [0.05, 0.1) is 30.2 Å². The molecule has 1 saturated heterocycles. The fourth-order valence-electron chi connectivity index (χ4n) is 5.11. The van der Waals surface area contributed by atoms with Gasteiger partial charge in [0.2, 0.25) is 5.91 Å². The molecule has 0 bridgehead atoms. The maximum atomic E-state index is 13.5. The van der Waals surface area contributed by atoms with E-state index in [2.05, 4.69) is 15.8 Å². The third kappa shape index (κ3) is 5.96.